The van der Waals surface area contributed by atoms with Crippen molar-refractivity contribution in [2.24, 2.45) is 0 Å². The Morgan fingerprint density at radius 3 is 2.81 bits per heavy atom. The molecule has 0 aromatic carbocycles. The van der Waals surface area contributed by atoms with E-state index in [-0.39, 0.29) is 0 Å². The second-order valence-corrected chi connectivity index (χ2v) is 6.40. The zero-order valence-electron chi connectivity index (χ0n) is 13.2. The Labute approximate surface area is 132 Å². The lowest BCUT2D eigenvalue weighted by Crippen LogP contribution is -2.22. The number of thiophene rings is 1. The van der Waals surface area contributed by atoms with E-state index in [1.807, 2.05) is 17.5 Å². The summed E-state index contributed by atoms with van der Waals surface area (Å²) in [6.45, 7) is 6.40. The van der Waals surface area contributed by atoms with E-state index in [0.29, 0.717) is 6.04 Å². The number of likely N-dealkylation sites (N-methyl/N-ethyl adjacent to an activating group) is 1. The third-order valence-electron chi connectivity index (χ3n) is 3.63. The molecule has 4 heteroatoms. The second-order valence-electron chi connectivity index (χ2n) is 5.37. The molecule has 0 bridgehead atoms. The van der Waals surface area contributed by atoms with Crippen LogP contribution < -0.4 is 10.2 Å². The number of hydrogen-bond donors (Lipinski definition) is 1. The maximum Gasteiger partial charge on any atom is 0.0572 e. The van der Waals surface area contributed by atoms with Gasteiger partial charge in [-0.05, 0) is 49.9 Å². The molecule has 0 radical (unpaired) electrons. The average molecular weight is 303 g/mol. The number of hydrogen-bond acceptors (Lipinski definition) is 4. The van der Waals surface area contributed by atoms with E-state index in [2.05, 4.69) is 65.7 Å². The Morgan fingerprint density at radius 1 is 1.33 bits per heavy atom. The largest absolute Gasteiger partial charge is 0.373 e. The van der Waals surface area contributed by atoms with Crippen LogP contribution in [0.3, 0.4) is 0 Å². The Balaban J connectivity index is 1.88. The molecule has 21 heavy (non-hydrogen) atoms. The summed E-state index contributed by atoms with van der Waals surface area (Å²) in [5.74, 6) is 0. The van der Waals surface area contributed by atoms with Gasteiger partial charge in [-0.25, -0.2) is 0 Å². The number of anilines is 1. The van der Waals surface area contributed by atoms with Gasteiger partial charge in [0.1, 0.15) is 0 Å². The van der Waals surface area contributed by atoms with Gasteiger partial charge in [0.05, 0.1) is 17.6 Å². The highest BCUT2D eigenvalue weighted by molar-refractivity contribution is 7.09. The standard InChI is InChI=1S/C17H25N3S/c1-4-10-18-14(2)17-8-7-15(13-19-17)20(3)11-9-16-6-5-12-21-16/h5-8,12-14,18H,4,9-11H2,1-3H3. The Morgan fingerprint density at radius 2 is 2.19 bits per heavy atom. The van der Waals surface area contributed by atoms with E-state index in [1.165, 1.54) is 10.6 Å². The molecule has 2 rings (SSSR count). The molecule has 2 heterocycles. The molecular weight excluding hydrogens is 278 g/mol. The minimum atomic E-state index is 0.315. The maximum absolute atomic E-state index is 4.60. The van der Waals surface area contributed by atoms with Crippen LogP contribution in [-0.2, 0) is 6.42 Å². The first-order valence-electron chi connectivity index (χ1n) is 7.63. The zero-order chi connectivity index (χ0) is 15.1. The van der Waals surface area contributed by atoms with E-state index >= 15 is 0 Å². The van der Waals surface area contributed by atoms with Gasteiger partial charge in [0.25, 0.3) is 0 Å². The number of nitrogens with zero attached hydrogens (tertiary/aromatic N) is 2. The predicted molar refractivity (Wildman–Crippen MR) is 92.2 cm³/mol. The Bertz CT molecular complexity index is 507. The van der Waals surface area contributed by atoms with Gasteiger partial charge in [0.2, 0.25) is 0 Å². The van der Waals surface area contributed by atoms with Crippen molar-refractivity contribution >= 4 is 17.0 Å². The van der Waals surface area contributed by atoms with Gasteiger partial charge in [0.15, 0.2) is 0 Å². The van der Waals surface area contributed by atoms with E-state index in [0.717, 1.165) is 31.6 Å². The van der Waals surface area contributed by atoms with Crippen molar-refractivity contribution in [2.75, 3.05) is 25.0 Å². The minimum Gasteiger partial charge on any atom is -0.373 e. The molecule has 2 aromatic rings. The van der Waals surface area contributed by atoms with E-state index in [1.54, 1.807) is 0 Å². The van der Waals surface area contributed by atoms with Crippen molar-refractivity contribution in [1.29, 1.82) is 0 Å². The van der Waals surface area contributed by atoms with Crippen molar-refractivity contribution in [3.05, 3.63) is 46.4 Å². The lowest BCUT2D eigenvalue weighted by Gasteiger charge is -2.20. The van der Waals surface area contributed by atoms with E-state index < -0.39 is 0 Å². The molecule has 114 valence electrons. The topological polar surface area (TPSA) is 28.2 Å². The van der Waals surface area contributed by atoms with Gasteiger partial charge in [-0.1, -0.05) is 13.0 Å². The lowest BCUT2D eigenvalue weighted by atomic mass is 10.2. The van der Waals surface area contributed by atoms with E-state index in [4.69, 9.17) is 0 Å². The number of aromatic nitrogens is 1. The summed E-state index contributed by atoms with van der Waals surface area (Å²) in [7, 11) is 2.13. The zero-order valence-corrected chi connectivity index (χ0v) is 14.0. The molecule has 0 aliphatic carbocycles. The fourth-order valence-corrected chi connectivity index (χ4v) is 2.90. The summed E-state index contributed by atoms with van der Waals surface area (Å²) >= 11 is 1.82. The van der Waals surface area contributed by atoms with Gasteiger partial charge in [-0.3, -0.25) is 4.98 Å². The second kappa shape index (κ2) is 8.15. The summed E-state index contributed by atoms with van der Waals surface area (Å²) in [4.78, 5) is 8.29. The molecule has 0 saturated carbocycles. The number of rotatable bonds is 8. The molecule has 0 aliphatic rings. The third-order valence-corrected chi connectivity index (χ3v) is 4.57. The van der Waals surface area contributed by atoms with Gasteiger partial charge >= 0.3 is 0 Å². The quantitative estimate of drug-likeness (QED) is 0.802. The molecule has 0 amide bonds. The van der Waals surface area contributed by atoms with Crippen molar-refractivity contribution < 1.29 is 0 Å². The van der Waals surface area contributed by atoms with Gasteiger partial charge in [-0.15, -0.1) is 11.3 Å². The minimum absolute atomic E-state index is 0.315. The first kappa shape index (κ1) is 16.0. The van der Waals surface area contributed by atoms with Crippen molar-refractivity contribution in [3.8, 4) is 0 Å². The van der Waals surface area contributed by atoms with Gasteiger partial charge in [0, 0.05) is 24.5 Å². The highest BCUT2D eigenvalue weighted by Crippen LogP contribution is 2.17. The number of pyridine rings is 1. The molecular formula is C17H25N3S. The van der Waals surface area contributed by atoms with Crippen LogP contribution in [0, 0.1) is 0 Å². The van der Waals surface area contributed by atoms with Crippen LogP contribution in [0.15, 0.2) is 35.8 Å². The Hall–Kier alpha value is -1.39. The van der Waals surface area contributed by atoms with Crippen LogP contribution in [0.5, 0.6) is 0 Å². The van der Waals surface area contributed by atoms with Crippen LogP contribution in [0.4, 0.5) is 5.69 Å². The molecule has 1 atom stereocenters. The first-order valence-corrected chi connectivity index (χ1v) is 8.51. The van der Waals surface area contributed by atoms with Crippen LogP contribution in [0.25, 0.3) is 0 Å². The normalized spacial score (nSPS) is 12.3. The summed E-state index contributed by atoms with van der Waals surface area (Å²) in [6.07, 6.45) is 4.21. The predicted octanol–water partition coefficient (Wildman–Crippen LogP) is 3.88. The molecule has 2 aromatic heterocycles. The molecule has 0 spiro atoms. The molecule has 1 unspecified atom stereocenters. The van der Waals surface area contributed by atoms with Crippen LogP contribution in [0.1, 0.15) is 36.9 Å². The van der Waals surface area contributed by atoms with Crippen molar-refractivity contribution in [1.82, 2.24) is 10.3 Å². The fraction of sp³-hybridized carbons (Fsp3) is 0.471. The van der Waals surface area contributed by atoms with Crippen LogP contribution in [0.2, 0.25) is 0 Å². The fourth-order valence-electron chi connectivity index (χ4n) is 2.21. The van der Waals surface area contributed by atoms with Crippen LogP contribution in [-0.4, -0.2) is 25.1 Å². The number of nitrogens with one attached hydrogen (secondary N) is 1. The average Bonchev–Trinajstić information content (AvgIpc) is 3.04. The van der Waals surface area contributed by atoms with Crippen molar-refractivity contribution in [2.45, 2.75) is 32.7 Å². The molecule has 0 saturated heterocycles. The molecule has 0 aliphatic heterocycles. The first-order chi connectivity index (χ1) is 10.2. The highest BCUT2D eigenvalue weighted by Gasteiger charge is 2.07. The van der Waals surface area contributed by atoms with Crippen LogP contribution >= 0.6 is 11.3 Å². The smallest absolute Gasteiger partial charge is 0.0572 e. The maximum atomic E-state index is 4.60. The lowest BCUT2D eigenvalue weighted by molar-refractivity contribution is 0.558. The molecule has 3 nitrogen and oxygen atoms in total. The summed E-state index contributed by atoms with van der Waals surface area (Å²) in [5, 5.41) is 5.60. The van der Waals surface area contributed by atoms with Gasteiger partial charge in [-0.2, -0.15) is 0 Å². The summed E-state index contributed by atoms with van der Waals surface area (Å²) in [6, 6.07) is 8.92. The summed E-state index contributed by atoms with van der Waals surface area (Å²) < 4.78 is 0. The Kier molecular flexibility index (Phi) is 6.21. The summed E-state index contributed by atoms with van der Waals surface area (Å²) in [5.41, 5.74) is 2.29. The van der Waals surface area contributed by atoms with E-state index in [9.17, 15) is 0 Å². The molecule has 0 fully saturated rings. The monoisotopic (exact) mass is 303 g/mol. The SMILES string of the molecule is CCCNC(C)c1ccc(N(C)CCc2cccs2)cn1. The van der Waals surface area contributed by atoms with Gasteiger partial charge < -0.3 is 10.2 Å². The third kappa shape index (κ3) is 4.83. The van der Waals surface area contributed by atoms with Crippen molar-refractivity contribution in [3.63, 3.8) is 0 Å². The molecule has 1 N–H and O–H groups in total. The highest BCUT2D eigenvalue weighted by atomic mass is 32.1.